The van der Waals surface area contributed by atoms with Crippen LogP contribution in [0.25, 0.3) is 0 Å². The van der Waals surface area contributed by atoms with Gasteiger partial charge in [-0.05, 0) is 25.0 Å². The highest BCUT2D eigenvalue weighted by Crippen LogP contribution is 2.38. The van der Waals surface area contributed by atoms with Crippen molar-refractivity contribution >= 4 is 11.8 Å². The summed E-state index contributed by atoms with van der Waals surface area (Å²) in [6.07, 6.45) is 4.69. The summed E-state index contributed by atoms with van der Waals surface area (Å²) in [5.74, 6) is 0.916. The van der Waals surface area contributed by atoms with Gasteiger partial charge in [-0.15, -0.1) is 0 Å². The van der Waals surface area contributed by atoms with Gasteiger partial charge in [0.1, 0.15) is 0 Å². The van der Waals surface area contributed by atoms with Crippen molar-refractivity contribution in [3.63, 3.8) is 0 Å². The molecule has 7 nitrogen and oxygen atoms in total. The lowest BCUT2D eigenvalue weighted by atomic mass is 10.1. The number of rotatable bonds is 8. The molecule has 2 rings (SSSR count). The third-order valence-electron chi connectivity index (χ3n) is 4.28. The summed E-state index contributed by atoms with van der Waals surface area (Å²) in [5, 5.41) is 5.74. The first-order chi connectivity index (χ1) is 12.1. The summed E-state index contributed by atoms with van der Waals surface area (Å²) in [4.78, 5) is 24.2. The highest BCUT2D eigenvalue weighted by molar-refractivity contribution is 5.95. The molecule has 2 amide bonds. The number of carbonyl (C=O) groups is 2. The minimum Gasteiger partial charge on any atom is -0.493 e. The molecular formula is C18H26N2O5. The Morgan fingerprint density at radius 1 is 1.04 bits per heavy atom. The number of carbonyl (C=O) groups excluding carboxylic acids is 2. The van der Waals surface area contributed by atoms with Gasteiger partial charge in [-0.25, -0.2) is 0 Å². The molecule has 1 aliphatic rings. The zero-order chi connectivity index (χ0) is 18.2. The third kappa shape index (κ3) is 5.01. The number of hydrogen-bond donors (Lipinski definition) is 2. The summed E-state index contributed by atoms with van der Waals surface area (Å²) < 4.78 is 15.7. The number of nitrogens with one attached hydrogen (secondary N) is 2. The first-order valence-corrected chi connectivity index (χ1v) is 8.46. The van der Waals surface area contributed by atoms with E-state index in [0.717, 1.165) is 12.8 Å². The quantitative estimate of drug-likeness (QED) is 0.748. The zero-order valence-electron chi connectivity index (χ0n) is 15.0. The van der Waals surface area contributed by atoms with Gasteiger partial charge in [0.05, 0.1) is 21.3 Å². The summed E-state index contributed by atoms with van der Waals surface area (Å²) in [7, 11) is 4.49. The first kappa shape index (κ1) is 18.9. The molecule has 7 heteroatoms. The van der Waals surface area contributed by atoms with E-state index in [4.69, 9.17) is 14.2 Å². The molecule has 2 N–H and O–H groups in total. The molecule has 0 atom stereocenters. The molecule has 0 saturated heterocycles. The van der Waals surface area contributed by atoms with Crippen LogP contribution in [0.4, 0.5) is 0 Å². The maximum Gasteiger partial charge on any atom is 0.251 e. The predicted molar refractivity (Wildman–Crippen MR) is 93.4 cm³/mol. The van der Waals surface area contributed by atoms with Gasteiger partial charge in [-0.3, -0.25) is 9.59 Å². The highest BCUT2D eigenvalue weighted by atomic mass is 16.5. The molecule has 0 bridgehead atoms. The lowest BCUT2D eigenvalue weighted by molar-refractivity contribution is -0.121. The second kappa shape index (κ2) is 9.15. The van der Waals surface area contributed by atoms with E-state index < -0.39 is 0 Å². The van der Waals surface area contributed by atoms with Crippen molar-refractivity contribution in [1.82, 2.24) is 10.6 Å². The number of ether oxygens (including phenoxy) is 3. The molecule has 1 aliphatic carbocycles. The van der Waals surface area contributed by atoms with Crippen LogP contribution in [0.3, 0.4) is 0 Å². The topological polar surface area (TPSA) is 85.9 Å². The van der Waals surface area contributed by atoms with Crippen LogP contribution in [0.5, 0.6) is 17.2 Å². The van der Waals surface area contributed by atoms with Gasteiger partial charge in [0.15, 0.2) is 11.5 Å². The molecule has 138 valence electrons. The highest BCUT2D eigenvalue weighted by Gasteiger charge is 2.18. The van der Waals surface area contributed by atoms with Gasteiger partial charge in [0.2, 0.25) is 11.7 Å². The van der Waals surface area contributed by atoms with Crippen molar-refractivity contribution in [1.29, 1.82) is 0 Å². The van der Waals surface area contributed by atoms with Crippen molar-refractivity contribution in [3.05, 3.63) is 17.7 Å². The SMILES string of the molecule is COc1cc(C(=O)NCCC(=O)NC2CCCC2)cc(OC)c1OC. The fourth-order valence-electron chi connectivity index (χ4n) is 2.97. The van der Waals surface area contributed by atoms with Crippen LogP contribution in [0, 0.1) is 0 Å². The second-order valence-corrected chi connectivity index (χ2v) is 5.97. The van der Waals surface area contributed by atoms with E-state index in [0.29, 0.717) is 28.9 Å². The van der Waals surface area contributed by atoms with Gasteiger partial charge >= 0.3 is 0 Å². The minimum atomic E-state index is -0.298. The molecule has 0 unspecified atom stereocenters. The molecule has 1 saturated carbocycles. The molecule has 0 spiro atoms. The average Bonchev–Trinajstić information content (AvgIpc) is 3.12. The summed E-state index contributed by atoms with van der Waals surface area (Å²) in [5.41, 5.74) is 0.380. The maximum atomic E-state index is 12.3. The molecule has 0 radical (unpaired) electrons. The Morgan fingerprint density at radius 2 is 1.64 bits per heavy atom. The van der Waals surface area contributed by atoms with Gasteiger partial charge in [-0.2, -0.15) is 0 Å². The lowest BCUT2D eigenvalue weighted by Crippen LogP contribution is -2.35. The van der Waals surface area contributed by atoms with Gasteiger partial charge < -0.3 is 24.8 Å². The Labute approximate surface area is 148 Å². The minimum absolute atomic E-state index is 0.0305. The molecule has 0 aliphatic heterocycles. The third-order valence-corrected chi connectivity index (χ3v) is 4.28. The molecule has 1 aromatic carbocycles. The lowest BCUT2D eigenvalue weighted by Gasteiger charge is -2.14. The van der Waals surface area contributed by atoms with E-state index in [2.05, 4.69) is 10.6 Å². The van der Waals surface area contributed by atoms with Crippen LogP contribution in [-0.4, -0.2) is 45.7 Å². The Hall–Kier alpha value is -2.44. The largest absolute Gasteiger partial charge is 0.493 e. The van der Waals surface area contributed by atoms with Gasteiger partial charge in [0.25, 0.3) is 5.91 Å². The van der Waals surface area contributed by atoms with E-state index in [1.807, 2.05) is 0 Å². The standard InChI is InChI=1S/C18H26N2O5/c1-23-14-10-12(11-15(24-2)17(14)25-3)18(22)19-9-8-16(21)20-13-6-4-5-7-13/h10-11,13H,4-9H2,1-3H3,(H,19,22)(H,20,21). The maximum absolute atomic E-state index is 12.3. The number of hydrogen-bond acceptors (Lipinski definition) is 5. The van der Waals surface area contributed by atoms with Crippen LogP contribution in [0.15, 0.2) is 12.1 Å². The van der Waals surface area contributed by atoms with E-state index in [1.54, 1.807) is 12.1 Å². The Kier molecular flexibility index (Phi) is 6.91. The number of amides is 2. The van der Waals surface area contributed by atoms with Crippen LogP contribution in [0.1, 0.15) is 42.5 Å². The molecular weight excluding hydrogens is 324 g/mol. The Balaban J connectivity index is 1.90. The summed E-state index contributed by atoms with van der Waals surface area (Å²) in [6.45, 7) is 0.272. The van der Waals surface area contributed by atoms with Crippen LogP contribution < -0.4 is 24.8 Å². The zero-order valence-corrected chi connectivity index (χ0v) is 15.0. The normalized spacial score (nSPS) is 14.0. The molecule has 0 aromatic heterocycles. The Bertz CT molecular complexity index is 586. The van der Waals surface area contributed by atoms with E-state index in [1.165, 1.54) is 34.2 Å². The van der Waals surface area contributed by atoms with Gasteiger partial charge in [-0.1, -0.05) is 12.8 Å². The van der Waals surface area contributed by atoms with E-state index in [-0.39, 0.29) is 24.8 Å². The smallest absolute Gasteiger partial charge is 0.251 e. The van der Waals surface area contributed by atoms with Gasteiger partial charge in [0, 0.05) is 24.6 Å². The fraction of sp³-hybridized carbons (Fsp3) is 0.556. The molecule has 25 heavy (non-hydrogen) atoms. The van der Waals surface area contributed by atoms with Crippen molar-refractivity contribution < 1.29 is 23.8 Å². The summed E-state index contributed by atoms with van der Waals surface area (Å²) in [6, 6.07) is 3.45. The number of methoxy groups -OCH3 is 3. The van der Waals surface area contributed by atoms with Crippen molar-refractivity contribution in [2.45, 2.75) is 38.1 Å². The molecule has 1 aromatic rings. The van der Waals surface area contributed by atoms with Crippen LogP contribution >= 0.6 is 0 Å². The fourth-order valence-corrected chi connectivity index (χ4v) is 2.97. The monoisotopic (exact) mass is 350 g/mol. The Morgan fingerprint density at radius 3 is 2.16 bits per heavy atom. The predicted octanol–water partition coefficient (Wildman–Crippen LogP) is 1.89. The first-order valence-electron chi connectivity index (χ1n) is 8.46. The summed E-state index contributed by atoms with van der Waals surface area (Å²) >= 11 is 0. The van der Waals surface area contributed by atoms with Crippen molar-refractivity contribution in [2.75, 3.05) is 27.9 Å². The molecule has 0 heterocycles. The van der Waals surface area contributed by atoms with Crippen molar-refractivity contribution in [2.24, 2.45) is 0 Å². The number of benzene rings is 1. The average molecular weight is 350 g/mol. The van der Waals surface area contributed by atoms with E-state index >= 15 is 0 Å². The van der Waals surface area contributed by atoms with Crippen LogP contribution in [-0.2, 0) is 4.79 Å². The van der Waals surface area contributed by atoms with Crippen LogP contribution in [0.2, 0.25) is 0 Å². The second-order valence-electron chi connectivity index (χ2n) is 5.97. The van der Waals surface area contributed by atoms with Crippen molar-refractivity contribution in [3.8, 4) is 17.2 Å². The molecule has 1 fully saturated rings. The van der Waals surface area contributed by atoms with E-state index in [9.17, 15) is 9.59 Å².